The van der Waals surface area contributed by atoms with E-state index in [1.54, 1.807) is 12.1 Å². The minimum atomic E-state index is -0.267. The van der Waals surface area contributed by atoms with Gasteiger partial charge in [-0.05, 0) is 36.8 Å². The fourth-order valence-corrected chi connectivity index (χ4v) is 3.14. The Kier molecular flexibility index (Phi) is 4.17. The van der Waals surface area contributed by atoms with Crippen LogP contribution in [0.3, 0.4) is 0 Å². The molecule has 1 amide bonds. The van der Waals surface area contributed by atoms with Crippen LogP contribution >= 0.6 is 0 Å². The summed E-state index contributed by atoms with van der Waals surface area (Å²) in [7, 11) is 3.77. The number of benzene rings is 2. The van der Waals surface area contributed by atoms with Crippen molar-refractivity contribution in [2.75, 3.05) is 24.3 Å². The molecule has 138 valence electrons. The third kappa shape index (κ3) is 2.91. The maximum absolute atomic E-state index is 13.1. The molecule has 0 saturated heterocycles. The predicted octanol–water partition coefficient (Wildman–Crippen LogP) is 3.61. The van der Waals surface area contributed by atoms with E-state index in [0.29, 0.717) is 28.3 Å². The van der Waals surface area contributed by atoms with Crippen LogP contribution in [0.5, 0.6) is 0 Å². The molecule has 0 aliphatic rings. The van der Waals surface area contributed by atoms with Crippen LogP contribution in [-0.4, -0.2) is 35.2 Å². The number of rotatable bonds is 3. The summed E-state index contributed by atoms with van der Waals surface area (Å²) in [5.41, 5.74) is 3.38. The summed E-state index contributed by atoms with van der Waals surface area (Å²) in [5.74, 6) is 0.863. The minimum absolute atomic E-state index is 0.267. The Morgan fingerprint density at radius 1 is 1.18 bits per heavy atom. The lowest BCUT2D eigenvalue weighted by atomic mass is 10.1. The SMILES string of the molecule is Cc1cc2c(NC(=O)c3cc(N(C)C)nc4ccccc34)n[nH]c2cc1C#N. The Bertz CT molecular complexity index is 1270. The molecule has 2 N–H and O–H groups in total. The molecule has 28 heavy (non-hydrogen) atoms. The van der Waals surface area contributed by atoms with E-state index >= 15 is 0 Å². The summed E-state index contributed by atoms with van der Waals surface area (Å²) in [4.78, 5) is 19.5. The zero-order chi connectivity index (χ0) is 19.8. The van der Waals surface area contributed by atoms with E-state index in [1.807, 2.05) is 56.3 Å². The third-order valence-corrected chi connectivity index (χ3v) is 4.67. The highest BCUT2D eigenvalue weighted by Crippen LogP contribution is 2.26. The highest BCUT2D eigenvalue weighted by molar-refractivity contribution is 6.14. The molecule has 2 aromatic heterocycles. The lowest BCUT2D eigenvalue weighted by Crippen LogP contribution is -2.16. The summed E-state index contributed by atoms with van der Waals surface area (Å²) in [6, 6.07) is 15.0. The average Bonchev–Trinajstić information content (AvgIpc) is 3.07. The van der Waals surface area contributed by atoms with Crippen LogP contribution in [0.25, 0.3) is 21.8 Å². The number of H-pyrrole nitrogens is 1. The van der Waals surface area contributed by atoms with Crippen molar-refractivity contribution in [3.05, 3.63) is 59.2 Å². The molecule has 0 atom stereocenters. The maximum Gasteiger partial charge on any atom is 0.257 e. The fourth-order valence-electron chi connectivity index (χ4n) is 3.14. The van der Waals surface area contributed by atoms with Crippen molar-refractivity contribution in [3.8, 4) is 6.07 Å². The second-order valence-electron chi connectivity index (χ2n) is 6.79. The molecule has 0 aliphatic carbocycles. The van der Waals surface area contributed by atoms with E-state index in [9.17, 15) is 10.1 Å². The zero-order valence-corrected chi connectivity index (χ0v) is 15.7. The molecule has 0 spiro atoms. The molecule has 2 aromatic carbocycles. The van der Waals surface area contributed by atoms with Gasteiger partial charge in [0.25, 0.3) is 5.91 Å². The fraction of sp³-hybridized carbons (Fsp3) is 0.143. The molecule has 0 fully saturated rings. The number of pyridine rings is 1. The lowest BCUT2D eigenvalue weighted by molar-refractivity contribution is 0.102. The van der Waals surface area contributed by atoms with E-state index < -0.39 is 0 Å². The number of carbonyl (C=O) groups is 1. The number of carbonyl (C=O) groups excluding carboxylic acids is 1. The summed E-state index contributed by atoms with van der Waals surface area (Å²) in [5, 5.41) is 20.7. The Morgan fingerprint density at radius 2 is 1.96 bits per heavy atom. The number of nitriles is 1. The van der Waals surface area contributed by atoms with Crippen LogP contribution in [-0.2, 0) is 0 Å². The van der Waals surface area contributed by atoms with E-state index in [2.05, 4.69) is 26.6 Å². The van der Waals surface area contributed by atoms with Gasteiger partial charge in [0.1, 0.15) is 5.82 Å². The normalized spacial score (nSPS) is 10.8. The first kappa shape index (κ1) is 17.5. The smallest absolute Gasteiger partial charge is 0.257 e. The van der Waals surface area contributed by atoms with E-state index in [1.165, 1.54) is 0 Å². The number of hydrogen-bond acceptors (Lipinski definition) is 5. The molecule has 0 unspecified atom stereocenters. The number of amides is 1. The molecule has 0 saturated carbocycles. The van der Waals surface area contributed by atoms with E-state index in [-0.39, 0.29) is 5.91 Å². The highest BCUT2D eigenvalue weighted by Gasteiger charge is 2.17. The average molecular weight is 370 g/mol. The van der Waals surface area contributed by atoms with Crippen LogP contribution in [0.4, 0.5) is 11.6 Å². The molecular weight excluding hydrogens is 352 g/mol. The van der Waals surface area contributed by atoms with Gasteiger partial charge in [-0.1, -0.05) is 18.2 Å². The Morgan fingerprint density at radius 3 is 2.71 bits per heavy atom. The van der Waals surface area contributed by atoms with Gasteiger partial charge in [0, 0.05) is 24.9 Å². The van der Waals surface area contributed by atoms with Crippen molar-refractivity contribution in [1.29, 1.82) is 5.26 Å². The first-order valence-electron chi connectivity index (χ1n) is 8.75. The molecule has 4 rings (SSSR count). The molecule has 0 radical (unpaired) electrons. The van der Waals surface area contributed by atoms with Crippen LogP contribution in [0, 0.1) is 18.3 Å². The van der Waals surface area contributed by atoms with Gasteiger partial charge >= 0.3 is 0 Å². The Balaban J connectivity index is 1.78. The lowest BCUT2D eigenvalue weighted by Gasteiger charge is -2.14. The predicted molar refractivity (Wildman–Crippen MR) is 110 cm³/mol. The number of anilines is 2. The quantitative estimate of drug-likeness (QED) is 0.574. The first-order valence-corrected chi connectivity index (χ1v) is 8.75. The van der Waals surface area contributed by atoms with Crippen molar-refractivity contribution in [1.82, 2.24) is 15.2 Å². The first-order chi connectivity index (χ1) is 13.5. The van der Waals surface area contributed by atoms with E-state index in [0.717, 1.165) is 21.9 Å². The number of nitrogens with zero attached hydrogens (tertiary/aromatic N) is 4. The Labute approximate surface area is 161 Å². The summed E-state index contributed by atoms with van der Waals surface area (Å²) in [6.45, 7) is 1.86. The van der Waals surface area contributed by atoms with E-state index in [4.69, 9.17) is 0 Å². The zero-order valence-electron chi connectivity index (χ0n) is 15.7. The summed E-state index contributed by atoms with van der Waals surface area (Å²) < 4.78 is 0. The van der Waals surface area contributed by atoms with Crippen molar-refractivity contribution in [2.24, 2.45) is 0 Å². The largest absolute Gasteiger partial charge is 0.363 e. The Hall–Kier alpha value is -3.92. The number of aromatic amines is 1. The second-order valence-corrected chi connectivity index (χ2v) is 6.79. The van der Waals surface area contributed by atoms with Gasteiger partial charge in [0.2, 0.25) is 0 Å². The molecule has 7 heteroatoms. The maximum atomic E-state index is 13.1. The summed E-state index contributed by atoms with van der Waals surface area (Å²) in [6.07, 6.45) is 0. The highest BCUT2D eigenvalue weighted by atomic mass is 16.1. The molecule has 0 aliphatic heterocycles. The van der Waals surface area contributed by atoms with Crippen molar-refractivity contribution < 1.29 is 4.79 Å². The van der Waals surface area contributed by atoms with Crippen LogP contribution in [0.1, 0.15) is 21.5 Å². The third-order valence-electron chi connectivity index (χ3n) is 4.67. The number of para-hydroxylation sites is 1. The van der Waals surface area contributed by atoms with Gasteiger partial charge in [0.15, 0.2) is 5.82 Å². The number of hydrogen-bond donors (Lipinski definition) is 2. The van der Waals surface area contributed by atoms with Crippen molar-refractivity contribution >= 4 is 39.3 Å². The molecule has 4 aromatic rings. The van der Waals surface area contributed by atoms with Crippen LogP contribution in [0.15, 0.2) is 42.5 Å². The van der Waals surface area contributed by atoms with Gasteiger partial charge in [-0.15, -0.1) is 0 Å². The van der Waals surface area contributed by atoms with Crippen LogP contribution < -0.4 is 10.2 Å². The van der Waals surface area contributed by atoms with Gasteiger partial charge < -0.3 is 10.2 Å². The summed E-state index contributed by atoms with van der Waals surface area (Å²) >= 11 is 0. The van der Waals surface area contributed by atoms with Gasteiger partial charge in [-0.3, -0.25) is 9.89 Å². The van der Waals surface area contributed by atoms with Crippen LogP contribution in [0.2, 0.25) is 0 Å². The molecule has 0 bridgehead atoms. The molecule has 2 heterocycles. The van der Waals surface area contributed by atoms with Gasteiger partial charge in [0.05, 0.1) is 28.2 Å². The van der Waals surface area contributed by atoms with Crippen molar-refractivity contribution in [3.63, 3.8) is 0 Å². The molecular formula is C21H18N6O. The standard InChI is InChI=1S/C21H18N6O/c1-12-8-16-18(9-13(12)11-22)25-26-20(16)24-21(28)15-10-19(27(2)3)23-17-7-5-4-6-14(15)17/h4-10H,1-3H3,(H2,24,25,26,28). The number of aryl methyl sites for hydroxylation is 1. The van der Waals surface area contributed by atoms with Gasteiger partial charge in [-0.25, -0.2) is 4.98 Å². The number of fused-ring (bicyclic) bond motifs is 2. The van der Waals surface area contributed by atoms with Gasteiger partial charge in [-0.2, -0.15) is 10.4 Å². The minimum Gasteiger partial charge on any atom is -0.363 e. The second kappa shape index (κ2) is 6.67. The number of aromatic nitrogens is 3. The monoisotopic (exact) mass is 370 g/mol. The number of nitrogens with one attached hydrogen (secondary N) is 2. The molecule has 7 nitrogen and oxygen atoms in total. The topological polar surface area (TPSA) is 97.7 Å². The van der Waals surface area contributed by atoms with Crippen molar-refractivity contribution in [2.45, 2.75) is 6.92 Å².